The highest BCUT2D eigenvalue weighted by molar-refractivity contribution is 7.13. The molecule has 3 fully saturated rings. The fraction of sp³-hybridized carbons (Fsp3) is 0.509. The Balaban J connectivity index is 0.960. The van der Waals surface area contributed by atoms with Crippen molar-refractivity contribution in [1.82, 2.24) is 40.7 Å². The summed E-state index contributed by atoms with van der Waals surface area (Å²) in [5.41, 5.74) is 16.0. The summed E-state index contributed by atoms with van der Waals surface area (Å²) >= 11 is 1.54. The molecule has 406 valence electrons. The lowest BCUT2D eigenvalue weighted by Gasteiger charge is -2.36. The number of aryl methyl sites for hydroxylation is 1. The number of rotatable bonds is 19. The molecule has 1 unspecified atom stereocenters. The fourth-order valence-electron chi connectivity index (χ4n) is 9.77. The molecule has 3 saturated heterocycles. The predicted octanol–water partition coefficient (Wildman–Crippen LogP) is 4.76. The number of thiazole rings is 1. The number of pyridine rings is 2. The number of nitrogens with zero attached hydrogens (tertiary/aromatic N) is 8. The first kappa shape index (κ1) is 56.4. The van der Waals surface area contributed by atoms with Crippen molar-refractivity contribution in [2.24, 2.45) is 21.9 Å². The van der Waals surface area contributed by atoms with Crippen molar-refractivity contribution in [3.63, 3.8) is 0 Å². The molecular weight excluding hydrogens is 999 g/mol. The Morgan fingerprint density at radius 3 is 2.37 bits per heavy atom. The number of hydrogen-bond donors (Lipinski definition) is 7. The Hall–Kier alpha value is -7.32. The van der Waals surface area contributed by atoms with E-state index in [9.17, 15) is 43.1 Å². The summed E-state index contributed by atoms with van der Waals surface area (Å²) in [6.45, 7) is 9.47. The zero-order valence-corrected chi connectivity index (χ0v) is 44.3. The van der Waals surface area contributed by atoms with Gasteiger partial charge in [-0.25, -0.2) is 23.7 Å². The van der Waals surface area contributed by atoms with Crippen LogP contribution in [0.3, 0.4) is 0 Å². The Kier molecular flexibility index (Phi) is 18.2. The molecule has 0 radical (unpaired) electrons. The number of guanidine groups is 1. The van der Waals surface area contributed by atoms with Gasteiger partial charge in [-0.05, 0) is 91.8 Å². The van der Waals surface area contributed by atoms with Gasteiger partial charge >= 0.3 is 0 Å². The van der Waals surface area contributed by atoms with Crippen LogP contribution >= 0.6 is 11.3 Å². The van der Waals surface area contributed by atoms with Crippen molar-refractivity contribution < 1.29 is 37.9 Å². The van der Waals surface area contributed by atoms with Gasteiger partial charge in [0.25, 0.3) is 5.92 Å². The van der Waals surface area contributed by atoms with Crippen molar-refractivity contribution in [1.29, 1.82) is 5.26 Å². The SMILES string of the molecule is Cc1ncsc1-c1ccc([C@H](C)NC(=O)[C@@H]2C[C@@H](O)CN2C(=O)[C@@H](NC(=O)C(CCCN=C(N)N)NC(=O)CCC(=O)N2CCC(c3cc(Nc4cc(C#N)ccn4)nc(N4CCC(F)(F)C4)c3)CC2)C(C)(C)C)cc1. The Morgan fingerprint density at radius 2 is 1.72 bits per heavy atom. The molecule has 20 nitrogen and oxygen atoms in total. The van der Waals surface area contributed by atoms with E-state index >= 15 is 0 Å². The smallest absolute Gasteiger partial charge is 0.266 e. The first-order valence-corrected chi connectivity index (χ1v) is 26.5. The number of nitriles is 1. The number of nitrogens with two attached hydrogens (primary N) is 2. The molecule has 7 rings (SSSR count). The highest BCUT2D eigenvalue weighted by atomic mass is 32.1. The number of aliphatic hydroxyl groups is 1. The molecule has 6 heterocycles. The van der Waals surface area contributed by atoms with Gasteiger partial charge in [0, 0.05) is 64.6 Å². The number of β-amino-alcohol motifs (C(OH)–C–C–N with tert-alkyl or cyclic N) is 1. The van der Waals surface area contributed by atoms with Crippen LogP contribution in [0.25, 0.3) is 10.4 Å². The number of anilines is 3. The maximum atomic E-state index is 14.5. The van der Waals surface area contributed by atoms with Gasteiger partial charge < -0.3 is 52.5 Å². The van der Waals surface area contributed by atoms with Gasteiger partial charge in [-0.2, -0.15) is 5.26 Å². The summed E-state index contributed by atoms with van der Waals surface area (Å²) in [6, 6.07) is 12.8. The molecule has 0 spiro atoms. The molecule has 3 aliphatic heterocycles. The quantitative estimate of drug-likeness (QED) is 0.0379. The third-order valence-electron chi connectivity index (χ3n) is 14.0. The average Bonchev–Trinajstić information content (AvgIpc) is 4.12. The molecule has 3 aliphatic rings. The summed E-state index contributed by atoms with van der Waals surface area (Å²) in [7, 11) is 0. The van der Waals surface area contributed by atoms with Crippen LogP contribution in [-0.2, 0) is 24.0 Å². The minimum atomic E-state index is -2.85. The van der Waals surface area contributed by atoms with Crippen LogP contribution in [0.2, 0.25) is 0 Å². The van der Waals surface area contributed by atoms with Gasteiger partial charge in [0.1, 0.15) is 35.6 Å². The summed E-state index contributed by atoms with van der Waals surface area (Å²) in [4.78, 5) is 92.6. The molecule has 4 aromatic rings. The van der Waals surface area contributed by atoms with E-state index in [0.29, 0.717) is 48.9 Å². The van der Waals surface area contributed by atoms with Crippen molar-refractivity contribution in [3.05, 3.63) is 82.6 Å². The summed E-state index contributed by atoms with van der Waals surface area (Å²) in [5.74, 6) is -4.45. The number of alkyl halides is 2. The largest absolute Gasteiger partial charge is 0.391 e. The second kappa shape index (κ2) is 24.6. The molecule has 0 saturated carbocycles. The van der Waals surface area contributed by atoms with E-state index in [2.05, 4.69) is 47.3 Å². The minimum absolute atomic E-state index is 0.00678. The average molecular weight is 1070 g/mol. The number of benzene rings is 1. The van der Waals surface area contributed by atoms with Crippen molar-refractivity contribution >= 4 is 64.3 Å². The third kappa shape index (κ3) is 14.7. The lowest BCUT2D eigenvalue weighted by atomic mass is 9.85. The van der Waals surface area contributed by atoms with Crippen LogP contribution in [0.5, 0.6) is 0 Å². The summed E-state index contributed by atoms with van der Waals surface area (Å²) in [5, 5.41) is 31.9. The fourth-order valence-corrected chi connectivity index (χ4v) is 10.6. The number of halogens is 2. The highest BCUT2D eigenvalue weighted by Gasteiger charge is 2.45. The van der Waals surface area contributed by atoms with Gasteiger partial charge in [0.05, 0.1) is 46.4 Å². The van der Waals surface area contributed by atoms with E-state index in [1.54, 1.807) is 59.6 Å². The van der Waals surface area contributed by atoms with Gasteiger partial charge in [-0.15, -0.1) is 11.3 Å². The lowest BCUT2D eigenvalue weighted by Crippen LogP contribution is -2.60. The molecular formula is C53H68F2N14O6S. The van der Waals surface area contributed by atoms with Gasteiger partial charge in [0.2, 0.25) is 29.5 Å². The van der Waals surface area contributed by atoms with Gasteiger partial charge in [-0.3, -0.25) is 29.0 Å². The number of carbonyl (C=O) groups excluding carboxylic acids is 5. The molecule has 5 atom stereocenters. The second-order valence-electron chi connectivity index (χ2n) is 20.9. The first-order valence-electron chi connectivity index (χ1n) is 25.6. The number of aromatic nitrogens is 3. The number of aliphatic hydroxyl groups excluding tert-OH is 1. The molecule has 0 aliphatic carbocycles. The Bertz CT molecular complexity index is 2810. The minimum Gasteiger partial charge on any atom is -0.391 e. The summed E-state index contributed by atoms with van der Waals surface area (Å²) < 4.78 is 28.7. The predicted molar refractivity (Wildman–Crippen MR) is 284 cm³/mol. The van der Waals surface area contributed by atoms with E-state index in [4.69, 9.17) is 11.5 Å². The van der Waals surface area contributed by atoms with E-state index in [0.717, 1.165) is 27.3 Å². The van der Waals surface area contributed by atoms with Crippen LogP contribution in [-0.4, -0.2) is 135 Å². The van der Waals surface area contributed by atoms with Crippen LogP contribution in [0.1, 0.15) is 113 Å². The number of piperidine rings is 1. The molecule has 1 aromatic carbocycles. The van der Waals surface area contributed by atoms with E-state index < -0.39 is 71.8 Å². The molecule has 3 aromatic heterocycles. The lowest BCUT2D eigenvalue weighted by molar-refractivity contribution is -0.144. The zero-order chi connectivity index (χ0) is 54.9. The van der Waals surface area contributed by atoms with Gasteiger partial charge in [0.15, 0.2) is 5.96 Å². The van der Waals surface area contributed by atoms with Gasteiger partial charge in [-0.1, -0.05) is 45.0 Å². The maximum Gasteiger partial charge on any atom is 0.266 e. The topological polar surface area (TPSA) is 290 Å². The van der Waals surface area contributed by atoms with Crippen LogP contribution in [0.15, 0.2) is 65.2 Å². The van der Waals surface area contributed by atoms with E-state index in [1.807, 2.05) is 50.2 Å². The Labute approximate surface area is 445 Å². The number of likely N-dealkylation sites (tertiary alicyclic amines) is 2. The number of aliphatic imine (C=N–C) groups is 1. The number of nitrogens with one attached hydrogen (secondary N) is 4. The van der Waals surface area contributed by atoms with Crippen molar-refractivity contribution in [2.45, 2.75) is 128 Å². The van der Waals surface area contributed by atoms with E-state index in [-0.39, 0.29) is 75.9 Å². The maximum absolute atomic E-state index is 14.5. The third-order valence-corrected chi connectivity index (χ3v) is 15.0. The van der Waals surface area contributed by atoms with Crippen LogP contribution < -0.4 is 37.6 Å². The van der Waals surface area contributed by atoms with Crippen LogP contribution in [0, 0.1) is 23.7 Å². The van der Waals surface area contributed by atoms with Crippen molar-refractivity contribution in [3.8, 4) is 16.5 Å². The molecule has 23 heteroatoms. The highest BCUT2D eigenvalue weighted by Crippen LogP contribution is 2.36. The normalized spacial score (nSPS) is 18.8. The van der Waals surface area contributed by atoms with E-state index in [1.165, 1.54) is 11.1 Å². The zero-order valence-electron chi connectivity index (χ0n) is 43.5. The number of hydrogen-bond acceptors (Lipinski definition) is 14. The second-order valence-corrected chi connectivity index (χ2v) is 21.7. The summed E-state index contributed by atoms with van der Waals surface area (Å²) in [6.07, 6.45) is 1.26. The number of amides is 5. The number of carbonyl (C=O) groups is 5. The first-order chi connectivity index (χ1) is 36.1. The monoisotopic (exact) mass is 1070 g/mol. The van der Waals surface area contributed by atoms with Crippen LogP contribution in [0.4, 0.5) is 26.2 Å². The molecule has 5 amide bonds. The Morgan fingerprint density at radius 1 is 0.987 bits per heavy atom. The molecule has 0 bridgehead atoms. The van der Waals surface area contributed by atoms with Crippen molar-refractivity contribution in [2.75, 3.05) is 49.5 Å². The standard InChI is InChI=1S/C53H68F2N14O6S/c1-31(34-8-10-36(11-9-34)46-32(2)61-30-76-46)62-49(74)40-26-38(70)28-69(40)50(75)47(52(3,4)5)66-48(73)39(7-6-18-60-51(57)58)63-44(71)12-13-45(72)67-20-15-35(16-21-67)37-24-42(64-41-23-33(27-56)14-19-59-41)65-43(25-37)68-22-17-53(54,55)29-68/h8-11,14,19,23-25,30-31,35,38-40,47,70H,6-7,12-13,15-18,20-22,26,28-29H2,1-5H3,(H,62,74)(H,63,71)(H,66,73)(H4,57,58,60)(H,59,64,65)/t31-,38+,39?,40-,47+/m0/s1. The molecule has 9 N–H and O–H groups in total. The molecule has 76 heavy (non-hydrogen) atoms.